The van der Waals surface area contributed by atoms with Crippen molar-refractivity contribution in [2.75, 3.05) is 0 Å². The third-order valence-corrected chi connectivity index (χ3v) is 3.16. The first kappa shape index (κ1) is 15.5. The van der Waals surface area contributed by atoms with E-state index >= 15 is 0 Å². The second-order valence-electron chi connectivity index (χ2n) is 4.73. The number of carbonyl (C=O) groups is 1. The van der Waals surface area contributed by atoms with Gasteiger partial charge >= 0.3 is 5.97 Å². The standard InChI is InChI=1S/C14H28O2/c1-3-5-7-8-9-10-12-13(14(15)16)11-6-4-2/h13H,3-12H2,1-2H3,(H,15,16). The van der Waals surface area contributed by atoms with Crippen LogP contribution in [0.1, 0.15) is 78.1 Å². The average molecular weight is 228 g/mol. The lowest BCUT2D eigenvalue weighted by Gasteiger charge is -2.11. The summed E-state index contributed by atoms with van der Waals surface area (Å²) in [5, 5.41) is 9.04. The van der Waals surface area contributed by atoms with Crippen LogP contribution in [0.5, 0.6) is 0 Å². The van der Waals surface area contributed by atoms with Gasteiger partial charge in [-0.25, -0.2) is 0 Å². The lowest BCUT2D eigenvalue weighted by Crippen LogP contribution is -2.13. The number of aliphatic carboxylic acids is 1. The number of rotatable bonds is 11. The molecule has 96 valence electrons. The van der Waals surface area contributed by atoms with Crippen molar-refractivity contribution in [1.82, 2.24) is 0 Å². The van der Waals surface area contributed by atoms with E-state index in [1.807, 2.05) is 0 Å². The van der Waals surface area contributed by atoms with E-state index in [0.717, 1.165) is 32.1 Å². The molecule has 0 heterocycles. The third-order valence-electron chi connectivity index (χ3n) is 3.16. The molecule has 0 aliphatic rings. The predicted molar refractivity (Wildman–Crippen MR) is 68.6 cm³/mol. The Morgan fingerprint density at radius 1 is 0.875 bits per heavy atom. The molecule has 16 heavy (non-hydrogen) atoms. The predicted octanol–water partition coefficient (Wildman–Crippen LogP) is 4.63. The van der Waals surface area contributed by atoms with Gasteiger partial charge in [0.05, 0.1) is 5.92 Å². The van der Waals surface area contributed by atoms with Crippen molar-refractivity contribution in [3.63, 3.8) is 0 Å². The zero-order chi connectivity index (χ0) is 12.2. The Morgan fingerprint density at radius 3 is 1.94 bits per heavy atom. The molecular formula is C14H28O2. The molecule has 0 rings (SSSR count). The van der Waals surface area contributed by atoms with Crippen molar-refractivity contribution < 1.29 is 9.90 Å². The molecule has 1 atom stereocenters. The van der Waals surface area contributed by atoms with Crippen molar-refractivity contribution in [3.8, 4) is 0 Å². The van der Waals surface area contributed by atoms with E-state index in [1.165, 1.54) is 32.1 Å². The topological polar surface area (TPSA) is 37.3 Å². The maximum absolute atomic E-state index is 11.0. The molecule has 0 saturated heterocycles. The van der Waals surface area contributed by atoms with Gasteiger partial charge in [-0.3, -0.25) is 4.79 Å². The van der Waals surface area contributed by atoms with Gasteiger partial charge in [0, 0.05) is 0 Å². The zero-order valence-corrected chi connectivity index (χ0v) is 11.0. The van der Waals surface area contributed by atoms with Crippen molar-refractivity contribution in [3.05, 3.63) is 0 Å². The number of hydrogen-bond donors (Lipinski definition) is 1. The smallest absolute Gasteiger partial charge is 0.306 e. The van der Waals surface area contributed by atoms with E-state index in [0.29, 0.717) is 0 Å². The van der Waals surface area contributed by atoms with Crippen LogP contribution in [0.15, 0.2) is 0 Å². The van der Waals surface area contributed by atoms with Crippen molar-refractivity contribution in [2.45, 2.75) is 78.1 Å². The summed E-state index contributed by atoms with van der Waals surface area (Å²) >= 11 is 0. The molecule has 2 nitrogen and oxygen atoms in total. The Hall–Kier alpha value is -0.530. The highest BCUT2D eigenvalue weighted by Gasteiger charge is 2.15. The first-order valence-electron chi connectivity index (χ1n) is 6.95. The highest BCUT2D eigenvalue weighted by molar-refractivity contribution is 5.69. The van der Waals surface area contributed by atoms with Gasteiger partial charge in [-0.15, -0.1) is 0 Å². The van der Waals surface area contributed by atoms with Crippen LogP contribution in [0.3, 0.4) is 0 Å². The monoisotopic (exact) mass is 228 g/mol. The lowest BCUT2D eigenvalue weighted by molar-refractivity contribution is -0.142. The van der Waals surface area contributed by atoms with E-state index < -0.39 is 5.97 Å². The number of hydrogen-bond acceptors (Lipinski definition) is 1. The molecule has 1 unspecified atom stereocenters. The van der Waals surface area contributed by atoms with Gasteiger partial charge in [-0.2, -0.15) is 0 Å². The summed E-state index contributed by atoms with van der Waals surface area (Å²) in [5.74, 6) is -0.687. The van der Waals surface area contributed by atoms with Gasteiger partial charge < -0.3 is 5.11 Å². The largest absolute Gasteiger partial charge is 0.481 e. The molecule has 0 bridgehead atoms. The van der Waals surface area contributed by atoms with Crippen LogP contribution >= 0.6 is 0 Å². The van der Waals surface area contributed by atoms with Crippen LogP contribution in [0.4, 0.5) is 0 Å². The first-order chi connectivity index (χ1) is 7.72. The van der Waals surface area contributed by atoms with Gasteiger partial charge in [-0.1, -0.05) is 65.2 Å². The van der Waals surface area contributed by atoms with E-state index in [2.05, 4.69) is 13.8 Å². The molecule has 2 heteroatoms. The Kier molecular flexibility index (Phi) is 10.6. The van der Waals surface area contributed by atoms with Gasteiger partial charge in [-0.05, 0) is 12.8 Å². The molecule has 0 aromatic carbocycles. The molecule has 0 aromatic rings. The fourth-order valence-corrected chi connectivity index (χ4v) is 2.01. The van der Waals surface area contributed by atoms with Crippen LogP contribution in [0.2, 0.25) is 0 Å². The number of unbranched alkanes of at least 4 members (excludes halogenated alkanes) is 6. The van der Waals surface area contributed by atoms with Crippen LogP contribution in [0.25, 0.3) is 0 Å². The molecule has 0 spiro atoms. The third kappa shape index (κ3) is 8.75. The summed E-state index contributed by atoms with van der Waals surface area (Å²) in [6.07, 6.45) is 11.3. The number of carboxylic acids is 1. The molecule has 0 fully saturated rings. The fraction of sp³-hybridized carbons (Fsp3) is 0.929. The summed E-state index contributed by atoms with van der Waals surface area (Å²) in [4.78, 5) is 11.0. The normalized spacial score (nSPS) is 12.6. The minimum Gasteiger partial charge on any atom is -0.481 e. The molecule has 0 saturated carbocycles. The van der Waals surface area contributed by atoms with Gasteiger partial charge in [0.2, 0.25) is 0 Å². The summed E-state index contributed by atoms with van der Waals surface area (Å²) in [5.41, 5.74) is 0. The first-order valence-corrected chi connectivity index (χ1v) is 6.95. The van der Waals surface area contributed by atoms with Gasteiger partial charge in [0.1, 0.15) is 0 Å². The van der Waals surface area contributed by atoms with E-state index in [4.69, 9.17) is 5.11 Å². The molecule has 0 amide bonds. The Bertz CT molecular complexity index is 166. The Balaban J connectivity index is 3.48. The van der Waals surface area contributed by atoms with Gasteiger partial charge in [0.15, 0.2) is 0 Å². The highest BCUT2D eigenvalue weighted by Crippen LogP contribution is 2.17. The lowest BCUT2D eigenvalue weighted by atomic mass is 9.95. The molecule has 0 aliphatic heterocycles. The second-order valence-corrected chi connectivity index (χ2v) is 4.73. The Morgan fingerprint density at radius 2 is 1.38 bits per heavy atom. The van der Waals surface area contributed by atoms with Crippen LogP contribution in [0, 0.1) is 5.92 Å². The molecule has 0 aliphatic carbocycles. The molecule has 0 radical (unpaired) electrons. The fourth-order valence-electron chi connectivity index (χ4n) is 2.01. The minimum absolute atomic E-state index is 0.0916. The molecule has 1 N–H and O–H groups in total. The summed E-state index contributed by atoms with van der Waals surface area (Å²) in [6, 6.07) is 0. The van der Waals surface area contributed by atoms with E-state index in [-0.39, 0.29) is 5.92 Å². The average Bonchev–Trinajstić information content (AvgIpc) is 2.26. The van der Waals surface area contributed by atoms with Crippen molar-refractivity contribution in [2.24, 2.45) is 5.92 Å². The Labute approximate surface area is 100 Å². The summed E-state index contributed by atoms with van der Waals surface area (Å²) in [7, 11) is 0. The molecule has 0 aromatic heterocycles. The maximum atomic E-state index is 11.0. The highest BCUT2D eigenvalue weighted by atomic mass is 16.4. The second kappa shape index (κ2) is 11.0. The van der Waals surface area contributed by atoms with Gasteiger partial charge in [0.25, 0.3) is 0 Å². The van der Waals surface area contributed by atoms with Crippen LogP contribution < -0.4 is 0 Å². The van der Waals surface area contributed by atoms with E-state index in [9.17, 15) is 4.79 Å². The van der Waals surface area contributed by atoms with E-state index in [1.54, 1.807) is 0 Å². The molecular weight excluding hydrogens is 200 g/mol. The van der Waals surface area contributed by atoms with Crippen LogP contribution in [-0.2, 0) is 4.79 Å². The van der Waals surface area contributed by atoms with Crippen molar-refractivity contribution in [1.29, 1.82) is 0 Å². The summed E-state index contributed by atoms with van der Waals surface area (Å²) < 4.78 is 0. The quantitative estimate of drug-likeness (QED) is 0.523. The number of carboxylic acid groups (broad SMARTS) is 1. The zero-order valence-electron chi connectivity index (χ0n) is 11.0. The van der Waals surface area contributed by atoms with Crippen LogP contribution in [-0.4, -0.2) is 11.1 Å². The maximum Gasteiger partial charge on any atom is 0.306 e. The SMILES string of the molecule is CCCCCCCCC(CCCC)C(=O)O. The van der Waals surface area contributed by atoms with Crippen molar-refractivity contribution >= 4 is 5.97 Å². The minimum atomic E-state index is -0.595. The summed E-state index contributed by atoms with van der Waals surface area (Å²) in [6.45, 7) is 4.33.